The topological polar surface area (TPSA) is 148 Å². The minimum atomic E-state index is -0.997. The Balaban J connectivity index is 0.647. The van der Waals surface area contributed by atoms with Crippen molar-refractivity contribution in [2.45, 2.75) is 56.4 Å². The molecular formula is C44H45N7O7. The lowest BCUT2D eigenvalue weighted by Gasteiger charge is -2.42. The van der Waals surface area contributed by atoms with Crippen molar-refractivity contribution in [3.05, 3.63) is 84.3 Å². The number of ether oxygens (including phenoxy) is 3. The zero-order valence-electron chi connectivity index (χ0n) is 32.3. The van der Waals surface area contributed by atoms with Gasteiger partial charge in [0, 0.05) is 98.7 Å². The summed E-state index contributed by atoms with van der Waals surface area (Å²) in [7, 11) is 2.09. The molecule has 0 radical (unpaired) electrons. The molecular weight excluding hydrogens is 739 g/mol. The number of hydrogen-bond acceptors (Lipinski definition) is 11. The number of nitrogens with one attached hydrogen (secondary N) is 1. The van der Waals surface area contributed by atoms with E-state index < -0.39 is 29.7 Å². The molecule has 0 bridgehead atoms. The average Bonchev–Trinajstić information content (AvgIpc) is 3.84. The molecule has 4 aliphatic heterocycles. The van der Waals surface area contributed by atoms with E-state index in [0.717, 1.165) is 73.4 Å². The van der Waals surface area contributed by atoms with Crippen molar-refractivity contribution in [2.24, 2.45) is 13.0 Å². The second-order valence-electron chi connectivity index (χ2n) is 16.3. The zero-order chi connectivity index (χ0) is 39.5. The highest BCUT2D eigenvalue weighted by atomic mass is 16.5. The number of benzene rings is 2. The van der Waals surface area contributed by atoms with Gasteiger partial charge in [-0.1, -0.05) is 12.1 Å². The summed E-state index contributed by atoms with van der Waals surface area (Å²) in [4.78, 5) is 65.1. The molecule has 4 amide bonds. The van der Waals surface area contributed by atoms with E-state index in [1.165, 1.54) is 16.4 Å². The van der Waals surface area contributed by atoms with E-state index in [0.29, 0.717) is 36.8 Å². The Kier molecular flexibility index (Phi) is 9.42. The average molecular weight is 784 g/mol. The molecule has 10 rings (SSSR count). The van der Waals surface area contributed by atoms with Gasteiger partial charge in [0.1, 0.15) is 24.5 Å². The number of nitrogens with zero attached hydrogens (tertiary/aromatic N) is 6. The summed E-state index contributed by atoms with van der Waals surface area (Å²) in [5.74, 6) is -0.367. The number of aromatic nitrogens is 3. The third-order valence-corrected chi connectivity index (χ3v) is 12.7. The molecule has 1 aliphatic carbocycles. The Morgan fingerprint density at radius 1 is 0.810 bits per heavy atom. The van der Waals surface area contributed by atoms with Gasteiger partial charge in [-0.05, 0) is 73.6 Å². The fourth-order valence-corrected chi connectivity index (χ4v) is 9.57. The van der Waals surface area contributed by atoms with Crippen LogP contribution in [-0.2, 0) is 21.4 Å². The lowest BCUT2D eigenvalue weighted by atomic mass is 9.81. The lowest BCUT2D eigenvalue weighted by molar-refractivity contribution is -0.136. The van der Waals surface area contributed by atoms with Crippen molar-refractivity contribution in [3.8, 4) is 22.8 Å². The van der Waals surface area contributed by atoms with Crippen LogP contribution in [0.1, 0.15) is 52.8 Å². The van der Waals surface area contributed by atoms with Crippen LogP contribution in [0.15, 0.2) is 73.2 Å². The van der Waals surface area contributed by atoms with Crippen LogP contribution in [0.25, 0.3) is 32.9 Å². The van der Waals surface area contributed by atoms with Crippen LogP contribution >= 0.6 is 0 Å². The van der Waals surface area contributed by atoms with Gasteiger partial charge >= 0.3 is 0 Å². The molecule has 7 heterocycles. The summed E-state index contributed by atoms with van der Waals surface area (Å²) in [6, 6.07) is 16.9. The number of piperazine rings is 1. The number of imide groups is 2. The van der Waals surface area contributed by atoms with Crippen LogP contribution in [0.2, 0.25) is 0 Å². The van der Waals surface area contributed by atoms with E-state index in [1.54, 1.807) is 18.2 Å². The standard InChI is InChI=1S/C44H45N7O7/c1-48-37-10-11-45-22-36(37)33-5-2-27(18-39(33)48)28-3-9-41(46-21-28)58-31-16-26(17-31)23-49-12-13-50-25-32(19-29(50)24-49)57-15-14-56-30-4-6-34-35(20-30)44(55)51(43(34)54)38-7-8-40(52)47-42(38)53/h2-6,9-11,18,20-22,26,29,31-32,38H,7-8,12-17,19,23-25H2,1H3,(H,47,52,53)/t26-,29-,31-,32+,38?/m0/s1. The molecule has 5 aliphatic rings. The molecule has 2 aromatic carbocycles. The predicted molar refractivity (Wildman–Crippen MR) is 213 cm³/mol. The number of amides is 4. The number of carbonyl (C=O) groups excluding carboxylic acids is 4. The van der Waals surface area contributed by atoms with E-state index in [1.807, 2.05) is 24.7 Å². The lowest BCUT2D eigenvalue weighted by Crippen LogP contribution is -2.54. The van der Waals surface area contributed by atoms with Crippen LogP contribution in [0.5, 0.6) is 11.6 Å². The van der Waals surface area contributed by atoms with Gasteiger partial charge in [-0.15, -0.1) is 0 Å². The Hall–Kier alpha value is -5.70. The molecule has 1 N–H and O–H groups in total. The fourth-order valence-electron chi connectivity index (χ4n) is 9.57. The minimum Gasteiger partial charge on any atom is -0.491 e. The van der Waals surface area contributed by atoms with Gasteiger partial charge in [-0.2, -0.15) is 0 Å². The number of fused-ring (bicyclic) bond motifs is 5. The number of carbonyl (C=O) groups is 4. The molecule has 1 saturated carbocycles. The number of pyridine rings is 2. The van der Waals surface area contributed by atoms with Crippen LogP contribution in [0.3, 0.4) is 0 Å². The van der Waals surface area contributed by atoms with Crippen LogP contribution in [0, 0.1) is 5.92 Å². The maximum Gasteiger partial charge on any atom is 0.262 e. The first-order valence-electron chi connectivity index (χ1n) is 20.3. The summed E-state index contributed by atoms with van der Waals surface area (Å²) in [6.45, 7) is 5.83. The normalized spacial score (nSPS) is 24.9. The molecule has 298 valence electrons. The first kappa shape index (κ1) is 36.6. The van der Waals surface area contributed by atoms with Crippen LogP contribution in [-0.4, -0.2) is 123 Å². The highest BCUT2D eigenvalue weighted by Gasteiger charge is 2.45. The van der Waals surface area contributed by atoms with Crippen LogP contribution < -0.4 is 14.8 Å². The second-order valence-corrected chi connectivity index (χ2v) is 16.3. The largest absolute Gasteiger partial charge is 0.491 e. The summed E-state index contributed by atoms with van der Waals surface area (Å²) in [5, 5.41) is 4.58. The number of piperidine rings is 1. The summed E-state index contributed by atoms with van der Waals surface area (Å²) in [5.41, 5.74) is 4.95. The summed E-state index contributed by atoms with van der Waals surface area (Å²) >= 11 is 0. The molecule has 1 unspecified atom stereocenters. The quantitative estimate of drug-likeness (QED) is 0.152. The molecule has 5 aromatic rings. The minimum absolute atomic E-state index is 0.0775. The van der Waals surface area contributed by atoms with Crippen molar-refractivity contribution >= 4 is 45.4 Å². The molecule has 14 nitrogen and oxygen atoms in total. The Morgan fingerprint density at radius 3 is 2.52 bits per heavy atom. The fraction of sp³-hybridized carbons (Fsp3) is 0.409. The Morgan fingerprint density at radius 2 is 1.67 bits per heavy atom. The molecule has 3 aromatic heterocycles. The monoisotopic (exact) mass is 783 g/mol. The maximum absolute atomic E-state index is 13.1. The Labute approximate surface area is 335 Å². The predicted octanol–water partition coefficient (Wildman–Crippen LogP) is 4.20. The van der Waals surface area contributed by atoms with E-state index in [-0.39, 0.29) is 36.2 Å². The molecule has 14 heteroatoms. The summed E-state index contributed by atoms with van der Waals surface area (Å²) in [6.07, 6.45) is 9.26. The molecule has 58 heavy (non-hydrogen) atoms. The third kappa shape index (κ3) is 6.78. The summed E-state index contributed by atoms with van der Waals surface area (Å²) < 4.78 is 20.6. The van der Waals surface area contributed by atoms with Gasteiger partial charge in [0.05, 0.1) is 29.4 Å². The SMILES string of the molecule is Cn1c2ccncc2c2ccc(-c3ccc(O[C@H]4C[C@H](CN5CCN6C[C@H](OCCOc7ccc8c(c7)C(=O)N(C7CCC(=O)NC7=O)C8=O)C[C@H]6C5)C4)nc3)cc21. The number of rotatable bonds is 11. The van der Waals surface area contributed by atoms with E-state index in [9.17, 15) is 19.2 Å². The van der Waals surface area contributed by atoms with Gasteiger partial charge in [-0.25, -0.2) is 4.98 Å². The van der Waals surface area contributed by atoms with Gasteiger partial charge in [0.2, 0.25) is 17.7 Å². The molecule has 3 saturated heterocycles. The molecule has 4 fully saturated rings. The number of hydrogen-bond donors (Lipinski definition) is 1. The van der Waals surface area contributed by atoms with Gasteiger partial charge in [-0.3, -0.25) is 39.3 Å². The smallest absolute Gasteiger partial charge is 0.262 e. The molecule has 3 atom stereocenters. The van der Waals surface area contributed by atoms with Crippen molar-refractivity contribution in [3.63, 3.8) is 0 Å². The van der Waals surface area contributed by atoms with E-state index in [4.69, 9.17) is 14.2 Å². The highest BCUT2D eigenvalue weighted by Crippen LogP contribution is 2.35. The first-order valence-corrected chi connectivity index (χ1v) is 20.3. The first-order chi connectivity index (χ1) is 28.3. The van der Waals surface area contributed by atoms with Crippen molar-refractivity contribution in [2.75, 3.05) is 45.9 Å². The van der Waals surface area contributed by atoms with Crippen molar-refractivity contribution in [1.29, 1.82) is 0 Å². The second kappa shape index (κ2) is 14.9. The van der Waals surface area contributed by atoms with Gasteiger partial charge < -0.3 is 23.7 Å². The van der Waals surface area contributed by atoms with Crippen molar-refractivity contribution < 1.29 is 33.4 Å². The van der Waals surface area contributed by atoms with Gasteiger partial charge in [0.25, 0.3) is 11.8 Å². The number of aryl methyl sites for hydroxylation is 1. The maximum atomic E-state index is 13.1. The zero-order valence-corrected chi connectivity index (χ0v) is 32.3. The van der Waals surface area contributed by atoms with Gasteiger partial charge in [0.15, 0.2) is 0 Å². The highest BCUT2D eigenvalue weighted by molar-refractivity contribution is 6.23. The van der Waals surface area contributed by atoms with E-state index in [2.05, 4.69) is 67.0 Å². The van der Waals surface area contributed by atoms with E-state index >= 15 is 0 Å². The third-order valence-electron chi connectivity index (χ3n) is 12.7. The Bertz CT molecular complexity index is 2440. The van der Waals surface area contributed by atoms with Crippen LogP contribution in [0.4, 0.5) is 0 Å². The van der Waals surface area contributed by atoms with Crippen molar-refractivity contribution in [1.82, 2.24) is 34.6 Å². The molecule has 0 spiro atoms.